The van der Waals surface area contributed by atoms with E-state index in [2.05, 4.69) is 0 Å². The molecular weight excluding hydrogens is 618 g/mol. The summed E-state index contributed by atoms with van der Waals surface area (Å²) in [5.74, 6) is -6.27. The molecule has 242 valence electrons. The van der Waals surface area contributed by atoms with E-state index in [-0.39, 0.29) is 41.4 Å². The molecule has 1 aliphatic heterocycles. The summed E-state index contributed by atoms with van der Waals surface area (Å²) in [5, 5.41) is 20.3. The Morgan fingerprint density at radius 2 is 1.49 bits per heavy atom. The van der Waals surface area contributed by atoms with Gasteiger partial charge in [0.25, 0.3) is 0 Å². The Hall–Kier alpha value is -5.89. The van der Waals surface area contributed by atoms with E-state index < -0.39 is 52.8 Å². The third-order valence-electron chi connectivity index (χ3n) is 10.9. The fourth-order valence-electron chi connectivity index (χ4n) is 8.99. The van der Waals surface area contributed by atoms with E-state index >= 15 is 0 Å². The Morgan fingerprint density at radius 3 is 2.20 bits per heavy atom. The number of rotatable bonds is 5. The van der Waals surface area contributed by atoms with Crippen LogP contribution in [0.15, 0.2) is 127 Å². The summed E-state index contributed by atoms with van der Waals surface area (Å²) in [7, 11) is 0. The molecular formula is C41H31NO7. The van der Waals surface area contributed by atoms with Gasteiger partial charge in [0, 0.05) is 17.4 Å². The van der Waals surface area contributed by atoms with Gasteiger partial charge in [-0.25, -0.2) is 4.79 Å². The predicted octanol–water partition coefficient (Wildman–Crippen LogP) is 6.12. The third kappa shape index (κ3) is 4.47. The number of carbonyl (C=O) groups is 5. The first-order chi connectivity index (χ1) is 23.7. The highest BCUT2D eigenvalue weighted by molar-refractivity contribution is 6.32. The maximum Gasteiger partial charge on any atom is 0.335 e. The van der Waals surface area contributed by atoms with Gasteiger partial charge in [0.1, 0.15) is 5.75 Å². The van der Waals surface area contributed by atoms with Crippen LogP contribution in [-0.4, -0.2) is 39.6 Å². The number of Topliss-reactive ketones (excluding diaryl/α,β-unsaturated/α-hetero) is 1. The molecule has 2 amide bonds. The van der Waals surface area contributed by atoms with Crippen molar-refractivity contribution in [3.05, 3.63) is 149 Å². The molecule has 49 heavy (non-hydrogen) atoms. The van der Waals surface area contributed by atoms with E-state index in [1.807, 2.05) is 60.7 Å². The van der Waals surface area contributed by atoms with Gasteiger partial charge in [-0.3, -0.25) is 24.1 Å². The fraction of sp³-hybridized carbons (Fsp3) is 0.195. The highest BCUT2D eigenvalue weighted by atomic mass is 16.4. The lowest BCUT2D eigenvalue weighted by molar-refractivity contribution is -0.135. The molecule has 0 spiro atoms. The van der Waals surface area contributed by atoms with Gasteiger partial charge < -0.3 is 10.2 Å². The van der Waals surface area contributed by atoms with E-state index in [4.69, 9.17) is 0 Å². The number of anilines is 1. The first kappa shape index (κ1) is 30.4. The second-order valence-electron chi connectivity index (χ2n) is 13.2. The van der Waals surface area contributed by atoms with Gasteiger partial charge in [-0.05, 0) is 71.9 Å². The zero-order valence-corrected chi connectivity index (χ0v) is 26.2. The molecule has 0 bridgehead atoms. The summed E-state index contributed by atoms with van der Waals surface area (Å²) in [6.07, 6.45) is 3.80. The molecule has 1 saturated heterocycles. The number of fused-ring (bicyclic) bond motifs is 4. The number of phenolic OH excluding ortho intramolecular Hbond substituents is 1. The lowest BCUT2D eigenvalue weighted by Gasteiger charge is -2.55. The van der Waals surface area contributed by atoms with Gasteiger partial charge in [-0.1, -0.05) is 90.5 Å². The van der Waals surface area contributed by atoms with Gasteiger partial charge in [0.2, 0.25) is 11.8 Å². The van der Waals surface area contributed by atoms with Crippen LogP contribution >= 0.6 is 0 Å². The minimum Gasteiger partial charge on any atom is -0.508 e. The average Bonchev–Trinajstić information content (AvgIpc) is 3.38. The van der Waals surface area contributed by atoms with Crippen molar-refractivity contribution in [1.29, 1.82) is 0 Å². The van der Waals surface area contributed by atoms with Crippen LogP contribution < -0.4 is 4.90 Å². The van der Waals surface area contributed by atoms with Gasteiger partial charge >= 0.3 is 5.97 Å². The Bertz CT molecular complexity index is 2140. The second-order valence-corrected chi connectivity index (χ2v) is 13.2. The number of ketones is 2. The van der Waals surface area contributed by atoms with Crippen molar-refractivity contribution in [2.45, 2.75) is 24.2 Å². The number of aromatic carboxylic acids is 1. The standard InChI is InChI=1S/C41H31NO7/c43-28-16-8-11-24(20-28)36-29-17-18-30-35(39(47)42(38(30)46)27-15-7-12-25(19-27)40(48)49)32(29)21-33-37(45)31(23-9-3-1-4-10-23)22-34(44)41(33,36)26-13-5-2-6-14-26/h1-17,19-20,22,30,32-33,35-36,43H,18,21H2,(H,48,49). The van der Waals surface area contributed by atoms with Crippen LogP contribution in [-0.2, 0) is 24.6 Å². The van der Waals surface area contributed by atoms with Gasteiger partial charge in [0.15, 0.2) is 11.6 Å². The number of benzene rings is 4. The van der Waals surface area contributed by atoms with E-state index in [1.165, 1.54) is 24.3 Å². The number of hydrogen-bond acceptors (Lipinski definition) is 6. The Balaban J connectivity index is 1.34. The Kier molecular flexibility index (Phi) is 7.07. The number of carbonyl (C=O) groups excluding carboxylic acids is 4. The summed E-state index contributed by atoms with van der Waals surface area (Å²) in [5.41, 5.74) is 1.75. The number of phenols is 1. The molecule has 4 aromatic rings. The molecule has 6 unspecified atom stereocenters. The maximum absolute atomic E-state index is 15.0. The molecule has 8 rings (SSSR count). The molecule has 3 aliphatic carbocycles. The first-order valence-corrected chi connectivity index (χ1v) is 16.3. The second kappa shape index (κ2) is 11.4. The number of carboxylic acids is 1. The van der Waals surface area contributed by atoms with Crippen LogP contribution in [0.3, 0.4) is 0 Å². The average molecular weight is 650 g/mol. The summed E-state index contributed by atoms with van der Waals surface area (Å²) in [6.45, 7) is 0. The van der Waals surface area contributed by atoms with E-state index in [1.54, 1.807) is 36.4 Å². The zero-order chi connectivity index (χ0) is 34.0. The summed E-state index contributed by atoms with van der Waals surface area (Å²) in [6, 6.07) is 30.8. The van der Waals surface area contributed by atoms with E-state index in [0.717, 1.165) is 10.5 Å². The highest BCUT2D eigenvalue weighted by Crippen LogP contribution is 2.63. The molecule has 1 heterocycles. The van der Waals surface area contributed by atoms with Crippen molar-refractivity contribution in [3.8, 4) is 5.75 Å². The van der Waals surface area contributed by atoms with Crippen molar-refractivity contribution < 1.29 is 34.2 Å². The Morgan fingerprint density at radius 1 is 0.776 bits per heavy atom. The maximum atomic E-state index is 15.0. The Labute approximate surface area is 282 Å². The van der Waals surface area contributed by atoms with Crippen LogP contribution in [0, 0.1) is 23.7 Å². The van der Waals surface area contributed by atoms with Crippen molar-refractivity contribution in [1.82, 2.24) is 0 Å². The molecule has 8 nitrogen and oxygen atoms in total. The lowest BCUT2D eigenvalue weighted by atomic mass is 9.44. The van der Waals surface area contributed by atoms with E-state index in [9.17, 15) is 34.2 Å². The number of aromatic hydroxyl groups is 1. The molecule has 2 N–H and O–H groups in total. The van der Waals surface area contributed by atoms with Gasteiger partial charge in [0.05, 0.1) is 28.5 Å². The van der Waals surface area contributed by atoms with Crippen LogP contribution in [0.5, 0.6) is 5.75 Å². The first-order valence-electron chi connectivity index (χ1n) is 16.3. The molecule has 4 aliphatic rings. The van der Waals surface area contributed by atoms with Gasteiger partial charge in [-0.15, -0.1) is 0 Å². The number of amides is 2. The third-order valence-corrected chi connectivity index (χ3v) is 10.9. The largest absolute Gasteiger partial charge is 0.508 e. The topological polar surface area (TPSA) is 129 Å². The van der Waals surface area contributed by atoms with Crippen molar-refractivity contribution >= 4 is 40.6 Å². The van der Waals surface area contributed by atoms with Crippen LogP contribution in [0.4, 0.5) is 5.69 Å². The molecule has 6 atom stereocenters. The van der Waals surface area contributed by atoms with Crippen LogP contribution in [0.2, 0.25) is 0 Å². The molecule has 0 radical (unpaired) electrons. The number of nitrogens with zero attached hydrogens (tertiary/aromatic N) is 1. The smallest absolute Gasteiger partial charge is 0.335 e. The SMILES string of the molecule is O=C(O)c1cccc(N2C(=O)C3CC=C4C(CC5C(=O)C(c6ccccc6)=CC(=O)C5(c5ccccc5)C4c4cccc(O)c4)C3C2=O)c1. The van der Waals surface area contributed by atoms with Crippen molar-refractivity contribution in [2.75, 3.05) is 4.90 Å². The minimum atomic E-state index is -1.39. The zero-order valence-electron chi connectivity index (χ0n) is 26.2. The monoisotopic (exact) mass is 649 g/mol. The molecule has 4 aromatic carbocycles. The summed E-state index contributed by atoms with van der Waals surface area (Å²) < 4.78 is 0. The normalized spacial score (nSPS) is 27.5. The number of allylic oxidation sites excluding steroid dienone is 4. The summed E-state index contributed by atoms with van der Waals surface area (Å²) >= 11 is 0. The van der Waals surface area contributed by atoms with Crippen LogP contribution in [0.25, 0.3) is 5.57 Å². The molecule has 2 fully saturated rings. The number of carboxylic acid groups (broad SMARTS) is 1. The minimum absolute atomic E-state index is 0.000353. The number of imide groups is 1. The van der Waals surface area contributed by atoms with Crippen molar-refractivity contribution in [2.24, 2.45) is 23.7 Å². The molecule has 1 saturated carbocycles. The predicted molar refractivity (Wildman–Crippen MR) is 181 cm³/mol. The molecule has 8 heteroatoms. The molecule has 0 aromatic heterocycles. The fourth-order valence-corrected chi connectivity index (χ4v) is 8.99. The number of hydrogen-bond donors (Lipinski definition) is 2. The summed E-state index contributed by atoms with van der Waals surface area (Å²) in [4.78, 5) is 71.2. The van der Waals surface area contributed by atoms with Crippen LogP contribution in [0.1, 0.15) is 45.8 Å². The lowest BCUT2D eigenvalue weighted by Crippen LogP contribution is -2.58. The highest BCUT2D eigenvalue weighted by Gasteiger charge is 2.66. The van der Waals surface area contributed by atoms with E-state index in [0.29, 0.717) is 22.3 Å². The van der Waals surface area contributed by atoms with Gasteiger partial charge in [-0.2, -0.15) is 0 Å². The van der Waals surface area contributed by atoms with Crippen molar-refractivity contribution in [3.63, 3.8) is 0 Å². The quantitative estimate of drug-likeness (QED) is 0.197.